The Morgan fingerprint density at radius 1 is 1.38 bits per heavy atom. The first-order valence-corrected chi connectivity index (χ1v) is 8.68. The fourth-order valence-corrected chi connectivity index (χ4v) is 3.11. The molecule has 0 bridgehead atoms. The number of hydrogen-bond acceptors (Lipinski definition) is 6. The number of aliphatic hydroxyl groups excluding tert-OH is 1. The van der Waals surface area contributed by atoms with E-state index in [1.807, 2.05) is 13.0 Å². The number of nitrogens with zero attached hydrogens (tertiary/aromatic N) is 3. The maximum atomic E-state index is 10.3. The molecule has 3 heterocycles. The Morgan fingerprint density at radius 2 is 2.08 bits per heavy atom. The summed E-state index contributed by atoms with van der Waals surface area (Å²) in [5.74, 6) is 1.04. The Labute approximate surface area is 153 Å². The molecule has 1 aliphatic rings. The van der Waals surface area contributed by atoms with Crippen molar-refractivity contribution in [2.45, 2.75) is 52.2 Å². The van der Waals surface area contributed by atoms with E-state index in [1.54, 1.807) is 0 Å². The molecule has 0 aliphatic carbocycles. The minimum atomic E-state index is -0.328. The second-order valence-corrected chi connectivity index (χ2v) is 7.79. The molecule has 26 heavy (non-hydrogen) atoms. The predicted octanol–water partition coefficient (Wildman–Crippen LogP) is 1.74. The number of carbonyl (C=O) groups is 1. The van der Waals surface area contributed by atoms with E-state index in [9.17, 15) is 5.11 Å². The molecule has 0 saturated carbocycles. The maximum absolute atomic E-state index is 10.3. The van der Waals surface area contributed by atoms with Gasteiger partial charge in [-0.05, 0) is 13.0 Å². The number of H-pyrrole nitrogens is 1. The van der Waals surface area contributed by atoms with E-state index < -0.39 is 0 Å². The van der Waals surface area contributed by atoms with Crippen LogP contribution in [0.1, 0.15) is 43.6 Å². The average Bonchev–Trinajstić information content (AvgIpc) is 3.23. The molecule has 2 atom stereocenters. The molecule has 2 aromatic rings. The van der Waals surface area contributed by atoms with Crippen molar-refractivity contribution in [1.82, 2.24) is 20.3 Å². The van der Waals surface area contributed by atoms with Crippen LogP contribution in [0.25, 0.3) is 0 Å². The zero-order chi connectivity index (χ0) is 19.3. The molecule has 1 fully saturated rings. The SMILES string of the molecule is Cc1cc(C[C@@H]2CN(Cc3cc(C(C)(C)C)n[nH]3)C[C@H]2O)on1.O=CO. The molecule has 1 aliphatic heterocycles. The molecule has 3 rings (SSSR count). The van der Waals surface area contributed by atoms with Gasteiger partial charge >= 0.3 is 0 Å². The van der Waals surface area contributed by atoms with Crippen molar-refractivity contribution in [3.05, 3.63) is 35.0 Å². The molecule has 0 radical (unpaired) electrons. The van der Waals surface area contributed by atoms with Crippen LogP contribution < -0.4 is 0 Å². The lowest BCUT2D eigenvalue weighted by atomic mass is 9.92. The van der Waals surface area contributed by atoms with Crippen LogP contribution in [0.4, 0.5) is 0 Å². The third-order valence-corrected chi connectivity index (χ3v) is 4.42. The molecule has 3 N–H and O–H groups in total. The van der Waals surface area contributed by atoms with Gasteiger partial charge in [0, 0.05) is 49.1 Å². The fourth-order valence-electron chi connectivity index (χ4n) is 3.11. The second-order valence-electron chi connectivity index (χ2n) is 7.79. The molecular weight excluding hydrogens is 336 g/mol. The van der Waals surface area contributed by atoms with E-state index in [0.717, 1.165) is 42.4 Å². The van der Waals surface area contributed by atoms with Crippen molar-refractivity contribution in [2.75, 3.05) is 13.1 Å². The smallest absolute Gasteiger partial charge is 0.290 e. The highest BCUT2D eigenvalue weighted by Crippen LogP contribution is 2.25. The number of carboxylic acid groups (broad SMARTS) is 1. The highest BCUT2D eigenvalue weighted by molar-refractivity contribution is 5.32. The Hall–Kier alpha value is -2.19. The summed E-state index contributed by atoms with van der Waals surface area (Å²) in [7, 11) is 0. The van der Waals surface area contributed by atoms with Crippen LogP contribution in [-0.2, 0) is 23.2 Å². The molecule has 8 nitrogen and oxygen atoms in total. The summed E-state index contributed by atoms with van der Waals surface area (Å²) in [6.07, 6.45) is 0.403. The summed E-state index contributed by atoms with van der Waals surface area (Å²) in [6.45, 7) is 10.4. The minimum Gasteiger partial charge on any atom is -0.483 e. The monoisotopic (exact) mass is 364 g/mol. The van der Waals surface area contributed by atoms with Crippen LogP contribution in [0.2, 0.25) is 0 Å². The number of rotatable bonds is 4. The molecule has 144 valence electrons. The van der Waals surface area contributed by atoms with E-state index >= 15 is 0 Å². The zero-order valence-electron chi connectivity index (χ0n) is 15.8. The number of aromatic amines is 1. The van der Waals surface area contributed by atoms with Crippen LogP contribution in [-0.4, -0.2) is 56.1 Å². The summed E-state index contributed by atoms with van der Waals surface area (Å²) >= 11 is 0. The Kier molecular flexibility index (Phi) is 6.55. The largest absolute Gasteiger partial charge is 0.483 e. The summed E-state index contributed by atoms with van der Waals surface area (Å²) in [6, 6.07) is 4.07. The van der Waals surface area contributed by atoms with Crippen LogP contribution in [0.5, 0.6) is 0 Å². The standard InChI is InChI=1S/C17H26N4O2.CH2O2/c1-11-5-14(23-20-11)6-12-8-21(10-15(12)22)9-13-7-16(19-18-13)17(2,3)4;2-1-3/h5,7,12,15,22H,6,8-10H2,1-4H3,(H,18,19);1H,(H,2,3)/t12-,15-;/m1./s1. The molecule has 2 aromatic heterocycles. The number of aryl methyl sites for hydroxylation is 1. The van der Waals surface area contributed by atoms with Gasteiger partial charge in [-0.25, -0.2) is 0 Å². The fraction of sp³-hybridized carbons (Fsp3) is 0.611. The third kappa shape index (κ3) is 5.40. The summed E-state index contributed by atoms with van der Waals surface area (Å²) < 4.78 is 5.27. The van der Waals surface area contributed by atoms with Gasteiger partial charge in [0.05, 0.1) is 17.5 Å². The molecule has 0 amide bonds. The van der Waals surface area contributed by atoms with Crippen LogP contribution >= 0.6 is 0 Å². The number of nitrogens with one attached hydrogen (secondary N) is 1. The molecule has 0 unspecified atom stereocenters. The van der Waals surface area contributed by atoms with E-state index in [4.69, 9.17) is 14.4 Å². The zero-order valence-corrected chi connectivity index (χ0v) is 15.8. The van der Waals surface area contributed by atoms with E-state index in [2.05, 4.69) is 47.1 Å². The highest BCUT2D eigenvalue weighted by Gasteiger charge is 2.32. The molecular formula is C18H28N4O4. The molecule has 1 saturated heterocycles. The number of β-amino-alcohol motifs (C(OH)–C–C–N with tert-alkyl or cyclic N) is 1. The predicted molar refractivity (Wildman–Crippen MR) is 95.7 cm³/mol. The Morgan fingerprint density at radius 3 is 2.62 bits per heavy atom. The van der Waals surface area contributed by atoms with Gasteiger partial charge in [-0.15, -0.1) is 0 Å². The topological polar surface area (TPSA) is 115 Å². The quantitative estimate of drug-likeness (QED) is 0.708. The van der Waals surface area contributed by atoms with Gasteiger partial charge in [-0.3, -0.25) is 14.8 Å². The number of aliphatic hydroxyl groups is 1. The van der Waals surface area contributed by atoms with Crippen molar-refractivity contribution in [3.63, 3.8) is 0 Å². The lowest BCUT2D eigenvalue weighted by Crippen LogP contribution is -2.21. The van der Waals surface area contributed by atoms with E-state index in [-0.39, 0.29) is 23.9 Å². The van der Waals surface area contributed by atoms with Crippen LogP contribution in [0, 0.1) is 12.8 Å². The van der Waals surface area contributed by atoms with Crippen molar-refractivity contribution in [2.24, 2.45) is 5.92 Å². The van der Waals surface area contributed by atoms with Gasteiger partial charge in [0.25, 0.3) is 6.47 Å². The van der Waals surface area contributed by atoms with Crippen LogP contribution in [0.15, 0.2) is 16.7 Å². The van der Waals surface area contributed by atoms with Gasteiger partial charge < -0.3 is 14.7 Å². The number of aromatic nitrogens is 3. The highest BCUT2D eigenvalue weighted by atomic mass is 16.5. The Balaban J connectivity index is 0.000000758. The van der Waals surface area contributed by atoms with E-state index in [1.165, 1.54) is 0 Å². The number of likely N-dealkylation sites (tertiary alicyclic amines) is 1. The third-order valence-electron chi connectivity index (χ3n) is 4.42. The average molecular weight is 364 g/mol. The van der Waals surface area contributed by atoms with Gasteiger partial charge in [0.1, 0.15) is 5.76 Å². The molecule has 8 heteroatoms. The maximum Gasteiger partial charge on any atom is 0.290 e. The first kappa shape index (κ1) is 20.1. The lowest BCUT2D eigenvalue weighted by molar-refractivity contribution is -0.122. The molecule has 0 spiro atoms. The second kappa shape index (κ2) is 8.46. The van der Waals surface area contributed by atoms with E-state index in [0.29, 0.717) is 6.54 Å². The lowest BCUT2D eigenvalue weighted by Gasteiger charge is -2.15. The summed E-state index contributed by atoms with van der Waals surface area (Å²) in [5.41, 5.74) is 3.10. The summed E-state index contributed by atoms with van der Waals surface area (Å²) in [4.78, 5) is 10.6. The van der Waals surface area contributed by atoms with Gasteiger partial charge in [-0.1, -0.05) is 25.9 Å². The van der Waals surface area contributed by atoms with Crippen LogP contribution in [0.3, 0.4) is 0 Å². The Bertz CT molecular complexity index is 704. The van der Waals surface area contributed by atoms with Crippen molar-refractivity contribution < 1.29 is 19.5 Å². The van der Waals surface area contributed by atoms with Gasteiger partial charge in [-0.2, -0.15) is 5.10 Å². The van der Waals surface area contributed by atoms with Crippen molar-refractivity contribution in [1.29, 1.82) is 0 Å². The number of hydrogen-bond donors (Lipinski definition) is 3. The van der Waals surface area contributed by atoms with Gasteiger partial charge in [0.2, 0.25) is 0 Å². The molecule has 0 aromatic carbocycles. The minimum absolute atomic E-state index is 0.0476. The summed E-state index contributed by atoms with van der Waals surface area (Å²) in [5, 5.41) is 28.6. The first-order chi connectivity index (χ1) is 12.2. The van der Waals surface area contributed by atoms with Crippen molar-refractivity contribution >= 4 is 6.47 Å². The normalized spacial score (nSPS) is 20.7. The van der Waals surface area contributed by atoms with Crippen molar-refractivity contribution in [3.8, 4) is 0 Å². The first-order valence-electron chi connectivity index (χ1n) is 8.68. The van der Waals surface area contributed by atoms with Gasteiger partial charge in [0.15, 0.2) is 0 Å².